The van der Waals surface area contributed by atoms with Gasteiger partial charge in [0, 0.05) is 29.9 Å². The van der Waals surface area contributed by atoms with Gasteiger partial charge in [0.1, 0.15) is 0 Å². The van der Waals surface area contributed by atoms with E-state index >= 15 is 0 Å². The summed E-state index contributed by atoms with van der Waals surface area (Å²) < 4.78 is 0. The highest BCUT2D eigenvalue weighted by Gasteiger charge is 2.40. The van der Waals surface area contributed by atoms with Gasteiger partial charge < -0.3 is 0 Å². The fourth-order valence-corrected chi connectivity index (χ4v) is 2.35. The lowest BCUT2D eigenvalue weighted by molar-refractivity contribution is -0.124. The molecule has 0 saturated carbocycles. The largest absolute Gasteiger partial charge is 0.280 e. The summed E-state index contributed by atoms with van der Waals surface area (Å²) in [6.07, 6.45) is 4.15. The number of nitrogens with zero attached hydrogens (tertiary/aromatic N) is 3. The van der Waals surface area contributed by atoms with Gasteiger partial charge in [0.05, 0.1) is 5.56 Å². The number of hydrogen-bond donors (Lipinski definition) is 0. The SMILES string of the molecule is CC1(C)CCN(c2ncc(C#Cc3ccccc3)cn2)C1=O. The molecule has 0 spiro atoms. The Kier molecular flexibility index (Phi) is 3.64. The van der Waals surface area contributed by atoms with Crippen LogP contribution in [0.1, 0.15) is 31.4 Å². The van der Waals surface area contributed by atoms with Crippen LogP contribution < -0.4 is 4.90 Å². The molecule has 0 unspecified atom stereocenters. The average Bonchev–Trinajstić information content (AvgIpc) is 2.81. The topological polar surface area (TPSA) is 46.1 Å². The summed E-state index contributed by atoms with van der Waals surface area (Å²) in [5, 5.41) is 0. The van der Waals surface area contributed by atoms with E-state index in [0.29, 0.717) is 12.5 Å². The first kappa shape index (κ1) is 14.3. The maximum Gasteiger partial charge on any atom is 0.235 e. The predicted molar refractivity (Wildman–Crippen MR) is 85.2 cm³/mol. The number of aromatic nitrogens is 2. The smallest absolute Gasteiger partial charge is 0.235 e. The highest BCUT2D eigenvalue weighted by atomic mass is 16.2. The number of carbonyl (C=O) groups excluding carboxylic acids is 1. The third-order valence-corrected chi connectivity index (χ3v) is 3.79. The molecule has 3 rings (SSSR count). The van der Waals surface area contributed by atoms with Crippen LogP contribution >= 0.6 is 0 Å². The summed E-state index contributed by atoms with van der Waals surface area (Å²) in [4.78, 5) is 22.4. The van der Waals surface area contributed by atoms with Crippen LogP contribution in [0.2, 0.25) is 0 Å². The summed E-state index contributed by atoms with van der Waals surface area (Å²) >= 11 is 0. The van der Waals surface area contributed by atoms with Crippen molar-refractivity contribution in [3.8, 4) is 11.8 Å². The number of amides is 1. The van der Waals surface area contributed by atoms with E-state index in [0.717, 1.165) is 17.5 Å². The highest BCUT2D eigenvalue weighted by molar-refractivity contribution is 5.97. The normalized spacial score (nSPS) is 16.3. The Labute approximate surface area is 130 Å². The van der Waals surface area contributed by atoms with Crippen molar-refractivity contribution >= 4 is 11.9 Å². The quantitative estimate of drug-likeness (QED) is 0.759. The third kappa shape index (κ3) is 2.84. The van der Waals surface area contributed by atoms with Crippen LogP contribution in [0.5, 0.6) is 0 Å². The van der Waals surface area contributed by atoms with Crippen molar-refractivity contribution in [2.75, 3.05) is 11.4 Å². The lowest BCUT2D eigenvalue weighted by Crippen LogP contribution is -2.32. The molecule has 1 fully saturated rings. The van der Waals surface area contributed by atoms with Crippen LogP contribution in [-0.4, -0.2) is 22.4 Å². The van der Waals surface area contributed by atoms with Crippen LogP contribution in [-0.2, 0) is 4.79 Å². The summed E-state index contributed by atoms with van der Waals surface area (Å²) in [6, 6.07) is 9.76. The van der Waals surface area contributed by atoms with Gasteiger partial charge in [-0.15, -0.1) is 0 Å². The van der Waals surface area contributed by atoms with Crippen LogP contribution in [0.3, 0.4) is 0 Å². The molecule has 0 radical (unpaired) electrons. The molecule has 0 bridgehead atoms. The zero-order valence-corrected chi connectivity index (χ0v) is 12.7. The van der Waals surface area contributed by atoms with E-state index in [2.05, 4.69) is 21.8 Å². The number of hydrogen-bond acceptors (Lipinski definition) is 3. The Morgan fingerprint density at radius 2 is 1.68 bits per heavy atom. The molecular weight excluding hydrogens is 274 g/mol. The second-order valence-electron chi connectivity index (χ2n) is 5.98. The second-order valence-corrected chi connectivity index (χ2v) is 5.98. The highest BCUT2D eigenvalue weighted by Crippen LogP contribution is 2.32. The Morgan fingerprint density at radius 1 is 1.05 bits per heavy atom. The zero-order chi connectivity index (χ0) is 15.6. The van der Waals surface area contributed by atoms with Crippen LogP contribution in [0.25, 0.3) is 0 Å². The summed E-state index contributed by atoms with van der Waals surface area (Å²) in [5.41, 5.74) is 1.36. The molecule has 0 aliphatic carbocycles. The van der Waals surface area contributed by atoms with E-state index in [1.165, 1.54) is 0 Å². The molecule has 2 aromatic rings. The standard InChI is InChI=1S/C18H17N3O/c1-18(2)10-11-21(16(18)22)17-19-12-15(13-20-17)9-8-14-6-4-3-5-7-14/h3-7,12-13H,10-11H2,1-2H3. The first-order valence-corrected chi connectivity index (χ1v) is 7.27. The minimum Gasteiger partial charge on any atom is -0.280 e. The van der Waals surface area contributed by atoms with Crippen molar-refractivity contribution in [1.82, 2.24) is 9.97 Å². The van der Waals surface area contributed by atoms with E-state index in [-0.39, 0.29) is 11.3 Å². The molecule has 1 aromatic heterocycles. The van der Waals surface area contributed by atoms with Gasteiger partial charge in [-0.2, -0.15) is 0 Å². The lowest BCUT2D eigenvalue weighted by atomic mass is 9.92. The maximum absolute atomic E-state index is 12.2. The number of benzene rings is 1. The molecule has 1 amide bonds. The van der Waals surface area contributed by atoms with Gasteiger partial charge in [0.2, 0.25) is 11.9 Å². The predicted octanol–water partition coefficient (Wildman–Crippen LogP) is 2.64. The summed E-state index contributed by atoms with van der Waals surface area (Å²) in [6.45, 7) is 4.57. The average molecular weight is 291 g/mol. The van der Waals surface area contributed by atoms with Crippen molar-refractivity contribution in [3.63, 3.8) is 0 Å². The first-order chi connectivity index (χ1) is 10.6. The molecule has 1 saturated heterocycles. The van der Waals surface area contributed by atoms with Crippen molar-refractivity contribution in [1.29, 1.82) is 0 Å². The number of anilines is 1. The van der Waals surface area contributed by atoms with Gasteiger partial charge in [0.15, 0.2) is 0 Å². The van der Waals surface area contributed by atoms with Gasteiger partial charge >= 0.3 is 0 Å². The van der Waals surface area contributed by atoms with E-state index in [9.17, 15) is 4.79 Å². The Balaban J connectivity index is 1.77. The van der Waals surface area contributed by atoms with Gasteiger partial charge in [0.25, 0.3) is 0 Å². The molecular formula is C18H17N3O. The first-order valence-electron chi connectivity index (χ1n) is 7.27. The minimum absolute atomic E-state index is 0.0793. The fraction of sp³-hybridized carbons (Fsp3) is 0.278. The molecule has 22 heavy (non-hydrogen) atoms. The van der Waals surface area contributed by atoms with Crippen molar-refractivity contribution < 1.29 is 4.79 Å². The molecule has 110 valence electrons. The van der Waals surface area contributed by atoms with Crippen molar-refractivity contribution in [2.24, 2.45) is 5.41 Å². The molecule has 4 heteroatoms. The molecule has 1 aliphatic rings. The molecule has 0 atom stereocenters. The van der Waals surface area contributed by atoms with Gasteiger partial charge in [-0.05, 0) is 18.6 Å². The molecule has 0 N–H and O–H groups in total. The number of carbonyl (C=O) groups is 1. The molecule has 1 aromatic carbocycles. The maximum atomic E-state index is 12.2. The number of rotatable bonds is 1. The summed E-state index contributed by atoms with van der Waals surface area (Å²) in [5.74, 6) is 6.63. The van der Waals surface area contributed by atoms with E-state index in [1.54, 1.807) is 17.3 Å². The second kappa shape index (κ2) is 5.61. The van der Waals surface area contributed by atoms with Crippen LogP contribution in [0.15, 0.2) is 42.7 Å². The Hall–Kier alpha value is -2.67. The minimum atomic E-state index is -0.324. The van der Waals surface area contributed by atoms with Gasteiger partial charge in [-0.1, -0.05) is 43.9 Å². The monoisotopic (exact) mass is 291 g/mol. The third-order valence-electron chi connectivity index (χ3n) is 3.79. The van der Waals surface area contributed by atoms with Gasteiger partial charge in [-0.3, -0.25) is 9.69 Å². The van der Waals surface area contributed by atoms with E-state index < -0.39 is 0 Å². The lowest BCUT2D eigenvalue weighted by Gasteiger charge is -2.17. The van der Waals surface area contributed by atoms with Crippen molar-refractivity contribution in [3.05, 3.63) is 53.9 Å². The Bertz CT molecular complexity index is 739. The van der Waals surface area contributed by atoms with Gasteiger partial charge in [-0.25, -0.2) is 9.97 Å². The molecule has 2 heterocycles. The zero-order valence-electron chi connectivity index (χ0n) is 12.7. The fourth-order valence-electron chi connectivity index (χ4n) is 2.35. The molecule has 4 nitrogen and oxygen atoms in total. The van der Waals surface area contributed by atoms with Crippen LogP contribution in [0.4, 0.5) is 5.95 Å². The van der Waals surface area contributed by atoms with Crippen molar-refractivity contribution in [2.45, 2.75) is 20.3 Å². The summed E-state index contributed by atoms with van der Waals surface area (Å²) in [7, 11) is 0. The van der Waals surface area contributed by atoms with E-state index in [4.69, 9.17) is 0 Å². The van der Waals surface area contributed by atoms with E-state index in [1.807, 2.05) is 44.2 Å². The molecule has 1 aliphatic heterocycles. The Morgan fingerprint density at radius 3 is 2.27 bits per heavy atom. The van der Waals surface area contributed by atoms with Crippen LogP contribution in [0, 0.1) is 17.3 Å².